The first-order valence-electron chi connectivity index (χ1n) is 3.43. The maximum absolute atomic E-state index is 5.94. The second-order valence-corrected chi connectivity index (χ2v) is 2.78. The molecule has 1 aromatic heterocycles. The minimum Gasteiger partial charge on any atom is -0.211 e. The highest BCUT2D eigenvalue weighted by Crippen LogP contribution is 2.18. The van der Waals surface area contributed by atoms with Crippen LogP contribution in [0.15, 0.2) is 36.5 Å². The van der Waals surface area contributed by atoms with Gasteiger partial charge in [-0.25, -0.2) is 4.98 Å². The van der Waals surface area contributed by atoms with Crippen LogP contribution in [-0.4, -0.2) is 0 Å². The van der Waals surface area contributed by atoms with Crippen LogP contribution in [0.25, 0.3) is 10.9 Å². The lowest BCUT2D eigenvalue weighted by Crippen LogP contribution is -2.00. The second-order valence-electron chi connectivity index (χ2n) is 2.37. The topological polar surface area (TPSA) is 14.1 Å². The number of hydrogen-bond donors (Lipinski definition) is 0. The fraction of sp³-hybridized carbons (Fsp3) is 0. The normalized spacial score (nSPS) is 10.3. The average molecular weight is 165 g/mol. The van der Waals surface area contributed by atoms with Gasteiger partial charge in [0.2, 0.25) is 5.52 Å². The van der Waals surface area contributed by atoms with Crippen molar-refractivity contribution in [3.05, 3.63) is 41.6 Å². The van der Waals surface area contributed by atoms with Crippen LogP contribution in [0.3, 0.4) is 0 Å². The molecule has 54 valence electrons. The van der Waals surface area contributed by atoms with E-state index in [0.717, 1.165) is 15.9 Å². The Morgan fingerprint density at radius 1 is 1.09 bits per heavy atom. The second kappa shape index (κ2) is 2.51. The van der Waals surface area contributed by atoms with Gasteiger partial charge in [0, 0.05) is 12.1 Å². The Labute approximate surface area is 69.6 Å². The fourth-order valence-electron chi connectivity index (χ4n) is 1.11. The SMILES string of the molecule is Clc1cc[nH+]c2ccccc12. The standard InChI is InChI=1S/C9H6ClN/c10-8-5-6-11-9-4-2-1-3-7(8)9/h1-6H/p+1. The Balaban J connectivity index is 2.91. The molecule has 0 radical (unpaired) electrons. The molecule has 2 aromatic rings. The molecule has 0 aliphatic rings. The third kappa shape index (κ3) is 1.08. The van der Waals surface area contributed by atoms with Gasteiger partial charge in [0.25, 0.3) is 0 Å². The fourth-order valence-corrected chi connectivity index (χ4v) is 1.34. The van der Waals surface area contributed by atoms with Gasteiger partial charge >= 0.3 is 0 Å². The summed E-state index contributed by atoms with van der Waals surface area (Å²) >= 11 is 5.94. The predicted molar refractivity (Wildman–Crippen MR) is 45.5 cm³/mol. The summed E-state index contributed by atoms with van der Waals surface area (Å²) in [7, 11) is 0. The lowest BCUT2D eigenvalue weighted by Gasteiger charge is -1.91. The quantitative estimate of drug-likeness (QED) is 0.568. The van der Waals surface area contributed by atoms with Crippen molar-refractivity contribution in [2.45, 2.75) is 0 Å². The van der Waals surface area contributed by atoms with E-state index in [4.69, 9.17) is 11.6 Å². The highest BCUT2D eigenvalue weighted by atomic mass is 35.5. The number of para-hydroxylation sites is 1. The number of rotatable bonds is 0. The first-order valence-corrected chi connectivity index (χ1v) is 3.80. The summed E-state index contributed by atoms with van der Waals surface area (Å²) in [5, 5.41) is 1.86. The third-order valence-electron chi connectivity index (χ3n) is 1.65. The van der Waals surface area contributed by atoms with Crippen LogP contribution in [0.1, 0.15) is 0 Å². The summed E-state index contributed by atoms with van der Waals surface area (Å²) in [5.41, 5.74) is 1.07. The van der Waals surface area contributed by atoms with Gasteiger partial charge in [0.1, 0.15) is 0 Å². The molecule has 2 rings (SSSR count). The van der Waals surface area contributed by atoms with Gasteiger partial charge in [-0.1, -0.05) is 23.7 Å². The number of benzene rings is 1. The van der Waals surface area contributed by atoms with Crippen molar-refractivity contribution in [2.75, 3.05) is 0 Å². The van der Waals surface area contributed by atoms with Gasteiger partial charge in [-0.3, -0.25) is 0 Å². The molecule has 2 heteroatoms. The van der Waals surface area contributed by atoms with Crippen molar-refractivity contribution >= 4 is 22.5 Å². The summed E-state index contributed by atoms with van der Waals surface area (Å²) in [4.78, 5) is 3.11. The molecule has 0 atom stereocenters. The van der Waals surface area contributed by atoms with Gasteiger partial charge in [-0.15, -0.1) is 0 Å². The molecule has 0 bridgehead atoms. The Hall–Kier alpha value is -1.08. The minimum atomic E-state index is 0.791. The van der Waals surface area contributed by atoms with E-state index in [9.17, 15) is 0 Å². The summed E-state index contributed by atoms with van der Waals surface area (Å²) in [6, 6.07) is 9.80. The third-order valence-corrected chi connectivity index (χ3v) is 1.98. The lowest BCUT2D eigenvalue weighted by molar-refractivity contribution is -0.344. The van der Waals surface area contributed by atoms with Gasteiger partial charge in [0.05, 0.1) is 10.4 Å². The first-order chi connectivity index (χ1) is 5.38. The zero-order valence-electron chi connectivity index (χ0n) is 5.84. The van der Waals surface area contributed by atoms with Crippen LogP contribution in [0.5, 0.6) is 0 Å². The molecule has 0 saturated carbocycles. The molecule has 11 heavy (non-hydrogen) atoms. The van der Waals surface area contributed by atoms with Gasteiger partial charge < -0.3 is 0 Å². The Morgan fingerprint density at radius 3 is 2.73 bits per heavy atom. The van der Waals surface area contributed by atoms with E-state index in [1.54, 1.807) is 0 Å². The zero-order chi connectivity index (χ0) is 7.68. The van der Waals surface area contributed by atoms with Crippen molar-refractivity contribution in [1.29, 1.82) is 0 Å². The molecule has 1 aromatic carbocycles. The number of nitrogens with one attached hydrogen (secondary N) is 1. The number of aromatic amines is 1. The molecular weight excluding hydrogens is 158 g/mol. The van der Waals surface area contributed by atoms with Crippen molar-refractivity contribution in [2.24, 2.45) is 0 Å². The lowest BCUT2D eigenvalue weighted by atomic mass is 10.2. The van der Waals surface area contributed by atoms with Crippen molar-refractivity contribution < 1.29 is 4.98 Å². The van der Waals surface area contributed by atoms with E-state index < -0.39 is 0 Å². The van der Waals surface area contributed by atoms with E-state index in [1.165, 1.54) is 0 Å². The molecule has 1 nitrogen and oxygen atoms in total. The highest BCUT2D eigenvalue weighted by Gasteiger charge is 2.00. The molecule has 0 spiro atoms. The van der Waals surface area contributed by atoms with Crippen LogP contribution < -0.4 is 4.98 Å². The van der Waals surface area contributed by atoms with E-state index in [1.807, 2.05) is 36.5 Å². The molecule has 0 amide bonds. The van der Waals surface area contributed by atoms with Crippen LogP contribution in [0.4, 0.5) is 0 Å². The smallest absolute Gasteiger partial charge is 0.211 e. The highest BCUT2D eigenvalue weighted by molar-refractivity contribution is 6.35. The summed E-state index contributed by atoms with van der Waals surface area (Å²) in [5.74, 6) is 0. The van der Waals surface area contributed by atoms with Crippen molar-refractivity contribution in [3.63, 3.8) is 0 Å². The van der Waals surface area contributed by atoms with E-state index in [2.05, 4.69) is 4.98 Å². The molecule has 0 aliphatic carbocycles. The van der Waals surface area contributed by atoms with Crippen LogP contribution in [-0.2, 0) is 0 Å². The molecule has 0 unspecified atom stereocenters. The van der Waals surface area contributed by atoms with E-state index >= 15 is 0 Å². The number of fused-ring (bicyclic) bond motifs is 1. The Kier molecular flexibility index (Phi) is 1.51. The summed E-state index contributed by atoms with van der Waals surface area (Å²) < 4.78 is 0. The molecule has 0 saturated heterocycles. The molecule has 1 N–H and O–H groups in total. The molecule has 0 aliphatic heterocycles. The Bertz CT molecular complexity index is 379. The molecule has 1 heterocycles. The van der Waals surface area contributed by atoms with E-state index in [0.29, 0.717) is 0 Å². The molecule has 0 fully saturated rings. The Morgan fingerprint density at radius 2 is 1.91 bits per heavy atom. The van der Waals surface area contributed by atoms with Gasteiger partial charge in [-0.2, -0.15) is 0 Å². The van der Waals surface area contributed by atoms with Crippen molar-refractivity contribution in [3.8, 4) is 0 Å². The van der Waals surface area contributed by atoms with Gasteiger partial charge in [0.15, 0.2) is 6.20 Å². The monoisotopic (exact) mass is 164 g/mol. The zero-order valence-corrected chi connectivity index (χ0v) is 6.60. The van der Waals surface area contributed by atoms with Crippen LogP contribution in [0, 0.1) is 0 Å². The number of halogens is 1. The first kappa shape index (κ1) is 6.62. The number of aromatic nitrogens is 1. The molecular formula is C9H7ClN+. The maximum atomic E-state index is 5.94. The van der Waals surface area contributed by atoms with Crippen molar-refractivity contribution in [1.82, 2.24) is 0 Å². The van der Waals surface area contributed by atoms with E-state index in [-0.39, 0.29) is 0 Å². The summed E-state index contributed by atoms with van der Waals surface area (Å²) in [6.07, 6.45) is 1.84. The number of hydrogen-bond acceptors (Lipinski definition) is 0. The van der Waals surface area contributed by atoms with Gasteiger partial charge in [-0.05, 0) is 6.07 Å². The summed E-state index contributed by atoms with van der Waals surface area (Å²) in [6.45, 7) is 0. The minimum absolute atomic E-state index is 0.791. The van der Waals surface area contributed by atoms with Crippen LogP contribution in [0.2, 0.25) is 5.02 Å². The number of pyridine rings is 1. The average Bonchev–Trinajstić information content (AvgIpc) is 2.06. The van der Waals surface area contributed by atoms with Crippen LogP contribution >= 0.6 is 11.6 Å². The largest absolute Gasteiger partial charge is 0.212 e. The maximum Gasteiger partial charge on any atom is 0.212 e. The number of H-pyrrole nitrogens is 1. The predicted octanol–water partition coefficient (Wildman–Crippen LogP) is 2.31.